The van der Waals surface area contributed by atoms with Crippen LogP contribution < -0.4 is 0 Å². The number of aromatic hydroxyl groups is 1. The summed E-state index contributed by atoms with van der Waals surface area (Å²) in [6.45, 7) is 1.77. The Bertz CT molecular complexity index is 533. The molecule has 0 aliphatic rings. The Morgan fingerprint density at radius 3 is 2.88 bits per heavy atom. The summed E-state index contributed by atoms with van der Waals surface area (Å²) in [5, 5.41) is 13.1. The van der Waals surface area contributed by atoms with Gasteiger partial charge in [0, 0.05) is 6.07 Å². The van der Waals surface area contributed by atoms with Crippen LogP contribution in [0.3, 0.4) is 0 Å². The van der Waals surface area contributed by atoms with Crippen LogP contribution in [0, 0.1) is 6.92 Å². The first kappa shape index (κ1) is 11.2. The largest absolute Gasteiger partial charge is 0.507 e. The number of nitrogens with zero attached hydrogens (tertiary/aromatic N) is 1. The third-order valence-electron chi connectivity index (χ3n) is 2.15. The van der Waals surface area contributed by atoms with Crippen molar-refractivity contribution in [1.82, 2.24) is 5.16 Å². The van der Waals surface area contributed by atoms with Gasteiger partial charge >= 0.3 is 5.97 Å². The molecule has 88 valence electrons. The van der Waals surface area contributed by atoms with E-state index in [0.29, 0.717) is 11.5 Å². The van der Waals surface area contributed by atoms with Crippen LogP contribution in [0.1, 0.15) is 21.8 Å². The minimum Gasteiger partial charge on any atom is -0.507 e. The molecule has 0 bridgehead atoms. The first-order valence-electron chi connectivity index (χ1n) is 5.04. The fourth-order valence-electron chi connectivity index (χ4n) is 1.35. The third kappa shape index (κ3) is 2.63. The van der Waals surface area contributed by atoms with Gasteiger partial charge in [0.1, 0.15) is 29.4 Å². The van der Waals surface area contributed by atoms with Gasteiger partial charge in [-0.1, -0.05) is 17.3 Å². The summed E-state index contributed by atoms with van der Waals surface area (Å²) < 4.78 is 9.82. The monoisotopic (exact) mass is 233 g/mol. The molecule has 1 N–H and O–H groups in total. The molecule has 0 radical (unpaired) electrons. The van der Waals surface area contributed by atoms with E-state index >= 15 is 0 Å². The van der Waals surface area contributed by atoms with Crippen LogP contribution in [-0.4, -0.2) is 16.2 Å². The molecular formula is C12H11NO4. The molecule has 5 heteroatoms. The van der Waals surface area contributed by atoms with Crippen LogP contribution >= 0.6 is 0 Å². The number of aromatic nitrogens is 1. The molecule has 0 saturated carbocycles. The summed E-state index contributed by atoms with van der Waals surface area (Å²) in [6.07, 6.45) is 0. The zero-order valence-electron chi connectivity index (χ0n) is 9.21. The molecule has 0 saturated heterocycles. The van der Waals surface area contributed by atoms with E-state index in [1.165, 1.54) is 12.1 Å². The maximum absolute atomic E-state index is 11.6. The van der Waals surface area contributed by atoms with Crippen molar-refractivity contribution in [1.29, 1.82) is 0 Å². The Labute approximate surface area is 97.6 Å². The normalized spacial score (nSPS) is 10.2. The zero-order chi connectivity index (χ0) is 12.3. The minimum absolute atomic E-state index is 0.0184. The second-order valence-electron chi connectivity index (χ2n) is 3.52. The van der Waals surface area contributed by atoms with Gasteiger partial charge in [0.25, 0.3) is 0 Å². The van der Waals surface area contributed by atoms with Crippen LogP contribution in [0.5, 0.6) is 5.75 Å². The molecule has 0 unspecified atom stereocenters. The standard InChI is InChI=1S/C12H11NO4/c1-8-6-9(13-17-8)7-16-12(15)10-4-2-3-5-11(10)14/h2-6,14H,7H2,1H3. The van der Waals surface area contributed by atoms with Gasteiger partial charge in [0.15, 0.2) is 0 Å². The van der Waals surface area contributed by atoms with Gasteiger partial charge in [0.05, 0.1) is 0 Å². The molecule has 1 aromatic heterocycles. The van der Waals surface area contributed by atoms with E-state index in [9.17, 15) is 9.90 Å². The number of ether oxygens (including phenoxy) is 1. The SMILES string of the molecule is Cc1cc(COC(=O)c2ccccc2O)no1. The van der Waals surface area contributed by atoms with Gasteiger partial charge in [-0.3, -0.25) is 0 Å². The fourth-order valence-corrected chi connectivity index (χ4v) is 1.35. The fraction of sp³-hybridized carbons (Fsp3) is 0.167. The van der Waals surface area contributed by atoms with Gasteiger partial charge in [-0.25, -0.2) is 4.79 Å². The molecule has 0 aliphatic heterocycles. The predicted molar refractivity (Wildman–Crippen MR) is 58.5 cm³/mol. The average Bonchev–Trinajstić information content (AvgIpc) is 2.73. The Morgan fingerprint density at radius 2 is 2.24 bits per heavy atom. The van der Waals surface area contributed by atoms with Gasteiger partial charge in [-0.2, -0.15) is 0 Å². The van der Waals surface area contributed by atoms with Crippen molar-refractivity contribution in [2.24, 2.45) is 0 Å². The molecule has 0 aliphatic carbocycles. The second-order valence-corrected chi connectivity index (χ2v) is 3.52. The van der Waals surface area contributed by atoms with Crippen molar-refractivity contribution in [3.63, 3.8) is 0 Å². The molecule has 0 fully saturated rings. The predicted octanol–water partition coefficient (Wildman–Crippen LogP) is 2.05. The number of aryl methyl sites for hydroxylation is 1. The molecule has 0 amide bonds. The Morgan fingerprint density at radius 1 is 1.47 bits per heavy atom. The van der Waals surface area contributed by atoms with E-state index in [1.54, 1.807) is 25.1 Å². The lowest BCUT2D eigenvalue weighted by Gasteiger charge is -2.03. The van der Waals surface area contributed by atoms with Crippen molar-refractivity contribution >= 4 is 5.97 Å². The zero-order valence-corrected chi connectivity index (χ0v) is 9.21. The summed E-state index contributed by atoms with van der Waals surface area (Å²) in [4.78, 5) is 11.6. The molecule has 2 aromatic rings. The van der Waals surface area contributed by atoms with Crippen LogP contribution in [-0.2, 0) is 11.3 Å². The van der Waals surface area contributed by atoms with E-state index in [-0.39, 0.29) is 17.9 Å². The van der Waals surface area contributed by atoms with E-state index in [2.05, 4.69) is 5.16 Å². The van der Waals surface area contributed by atoms with Crippen LogP contribution in [0.4, 0.5) is 0 Å². The van der Waals surface area contributed by atoms with E-state index < -0.39 is 5.97 Å². The molecule has 1 aromatic carbocycles. The Balaban J connectivity index is 2.01. The van der Waals surface area contributed by atoms with Gasteiger partial charge in [0.2, 0.25) is 0 Å². The maximum atomic E-state index is 11.6. The van der Waals surface area contributed by atoms with Gasteiger partial charge in [-0.05, 0) is 19.1 Å². The van der Waals surface area contributed by atoms with Gasteiger partial charge < -0.3 is 14.4 Å². The lowest BCUT2D eigenvalue weighted by atomic mass is 10.2. The second kappa shape index (κ2) is 4.69. The number of benzene rings is 1. The smallest absolute Gasteiger partial charge is 0.342 e. The van der Waals surface area contributed by atoms with Crippen molar-refractivity contribution in [2.45, 2.75) is 13.5 Å². The van der Waals surface area contributed by atoms with E-state index in [0.717, 1.165) is 0 Å². The molecule has 0 spiro atoms. The number of hydrogen-bond acceptors (Lipinski definition) is 5. The number of rotatable bonds is 3. The quantitative estimate of drug-likeness (QED) is 0.821. The number of para-hydroxylation sites is 1. The van der Waals surface area contributed by atoms with Crippen LogP contribution in [0.2, 0.25) is 0 Å². The molecule has 1 heterocycles. The molecule has 5 nitrogen and oxygen atoms in total. The highest BCUT2D eigenvalue weighted by atomic mass is 16.5. The van der Waals surface area contributed by atoms with E-state index in [4.69, 9.17) is 9.26 Å². The highest BCUT2D eigenvalue weighted by molar-refractivity contribution is 5.92. The number of phenolic OH excluding ortho intramolecular Hbond substituents is 1. The number of carbonyl (C=O) groups is 1. The minimum atomic E-state index is -0.594. The first-order chi connectivity index (χ1) is 8.16. The van der Waals surface area contributed by atoms with Gasteiger partial charge in [-0.15, -0.1) is 0 Å². The van der Waals surface area contributed by atoms with Crippen LogP contribution in [0.25, 0.3) is 0 Å². The topological polar surface area (TPSA) is 72.6 Å². The maximum Gasteiger partial charge on any atom is 0.342 e. The van der Waals surface area contributed by atoms with Crippen molar-refractivity contribution in [3.05, 3.63) is 47.3 Å². The lowest BCUT2D eigenvalue weighted by molar-refractivity contribution is 0.0461. The lowest BCUT2D eigenvalue weighted by Crippen LogP contribution is -2.05. The highest BCUT2D eigenvalue weighted by Gasteiger charge is 2.12. The third-order valence-corrected chi connectivity index (χ3v) is 2.15. The van der Waals surface area contributed by atoms with Crippen molar-refractivity contribution in [3.8, 4) is 5.75 Å². The Hall–Kier alpha value is -2.30. The first-order valence-corrected chi connectivity index (χ1v) is 5.04. The van der Waals surface area contributed by atoms with Crippen molar-refractivity contribution < 1.29 is 19.2 Å². The van der Waals surface area contributed by atoms with E-state index in [1.807, 2.05) is 0 Å². The number of carbonyl (C=O) groups excluding carboxylic acids is 1. The summed E-state index contributed by atoms with van der Waals surface area (Å²) in [7, 11) is 0. The molecule has 17 heavy (non-hydrogen) atoms. The highest BCUT2D eigenvalue weighted by Crippen LogP contribution is 2.17. The summed E-state index contributed by atoms with van der Waals surface area (Å²) in [5.74, 6) is -0.0452. The number of esters is 1. The van der Waals surface area contributed by atoms with Crippen molar-refractivity contribution in [2.75, 3.05) is 0 Å². The summed E-state index contributed by atoms with van der Waals surface area (Å²) in [6, 6.07) is 7.88. The average molecular weight is 233 g/mol. The number of phenols is 1. The molecule has 0 atom stereocenters. The summed E-state index contributed by atoms with van der Waals surface area (Å²) in [5.41, 5.74) is 0.666. The molecular weight excluding hydrogens is 222 g/mol. The summed E-state index contributed by atoms with van der Waals surface area (Å²) >= 11 is 0. The van der Waals surface area contributed by atoms with Crippen LogP contribution in [0.15, 0.2) is 34.9 Å². The Kier molecular flexibility index (Phi) is 3.09. The number of hydrogen-bond donors (Lipinski definition) is 1. The molecule has 2 rings (SSSR count).